The van der Waals surface area contributed by atoms with Crippen molar-refractivity contribution in [3.05, 3.63) is 170 Å². The van der Waals surface area contributed by atoms with Gasteiger partial charge in [-0.05, 0) is 69.5 Å². The number of hydrogen-bond donors (Lipinski definition) is 0. The van der Waals surface area contributed by atoms with Gasteiger partial charge in [0, 0.05) is 0 Å². The molecule has 0 atom stereocenters. The second kappa shape index (κ2) is 18.4. The number of fused-ring (bicyclic) bond motifs is 2. The van der Waals surface area contributed by atoms with Crippen molar-refractivity contribution in [3.63, 3.8) is 0 Å². The van der Waals surface area contributed by atoms with Crippen LogP contribution in [0, 0.1) is 35.6 Å². The summed E-state index contributed by atoms with van der Waals surface area (Å²) in [5, 5.41) is 5.39. The van der Waals surface area contributed by atoms with E-state index in [1.54, 1.807) is 0 Å². The molecule has 0 saturated carbocycles. The molecule has 7 rings (SSSR count). The third kappa shape index (κ3) is 9.99. The van der Waals surface area contributed by atoms with E-state index in [4.69, 9.17) is 0 Å². The first-order chi connectivity index (χ1) is 24.6. The first-order valence-electron chi connectivity index (χ1n) is 18.5. The Kier molecular flexibility index (Phi) is 15.2. The summed E-state index contributed by atoms with van der Waals surface area (Å²) in [4.78, 5) is 0. The SMILES string of the molecule is Cc1cc2c(-c3ccc(C(C)(C)C)cc3)cc(-c3ccc(C(C)(C)C)cc3)cc2[cH-]1.Cc1cccc(-c2cccc3[cH-]c(C(C)C)cc23)c1C.[CH3-].[CH3-].[Si]=[Zr]. The summed E-state index contributed by atoms with van der Waals surface area (Å²) in [7, 11) is 0. The van der Waals surface area contributed by atoms with Crippen molar-refractivity contribution < 1.29 is 23.3 Å². The van der Waals surface area contributed by atoms with Crippen molar-refractivity contribution in [3.8, 4) is 33.4 Å². The molecule has 2 heteroatoms. The fraction of sp³-hybridized carbons (Fsp3) is 0.269. The van der Waals surface area contributed by atoms with Crippen molar-refractivity contribution in [2.75, 3.05) is 0 Å². The van der Waals surface area contributed by atoms with Crippen LogP contribution in [0.5, 0.6) is 0 Å². The van der Waals surface area contributed by atoms with Gasteiger partial charge in [-0.15, -0.1) is 63.0 Å². The van der Waals surface area contributed by atoms with Crippen LogP contribution < -0.4 is 0 Å². The predicted molar refractivity (Wildman–Crippen MR) is 240 cm³/mol. The van der Waals surface area contributed by atoms with Crippen LogP contribution in [0.2, 0.25) is 0 Å². The van der Waals surface area contributed by atoms with Crippen molar-refractivity contribution >= 4 is 28.4 Å². The van der Waals surface area contributed by atoms with E-state index < -0.39 is 0 Å². The monoisotopic (exact) mass is 802 g/mol. The van der Waals surface area contributed by atoms with Gasteiger partial charge in [0.1, 0.15) is 0 Å². The van der Waals surface area contributed by atoms with Crippen LogP contribution in [-0.2, 0) is 34.2 Å². The Balaban J connectivity index is 0.000000286. The Hall–Kier alpha value is -3.58. The molecule has 0 spiro atoms. The van der Waals surface area contributed by atoms with Crippen LogP contribution in [-0.4, -0.2) is 6.88 Å². The molecule has 0 bridgehead atoms. The molecule has 0 amide bonds. The molecule has 7 aromatic carbocycles. The molecule has 0 heterocycles. The summed E-state index contributed by atoms with van der Waals surface area (Å²) >= 11 is 1.36. The molecular weight excluding hydrogens is 744 g/mol. The molecule has 0 aliphatic heterocycles. The van der Waals surface area contributed by atoms with Gasteiger partial charge in [0.2, 0.25) is 0 Å². The number of hydrogen-bond acceptors (Lipinski definition) is 0. The Bertz CT molecular complexity index is 2280. The molecule has 0 saturated heterocycles. The van der Waals surface area contributed by atoms with Crippen LogP contribution in [0.25, 0.3) is 54.9 Å². The minimum absolute atomic E-state index is 0. The van der Waals surface area contributed by atoms with Gasteiger partial charge in [-0.1, -0.05) is 158 Å². The Morgan fingerprint density at radius 2 is 1.04 bits per heavy atom. The average molecular weight is 804 g/mol. The fourth-order valence-corrected chi connectivity index (χ4v) is 7.06. The van der Waals surface area contributed by atoms with E-state index in [2.05, 4.69) is 204 Å². The van der Waals surface area contributed by atoms with Crippen molar-refractivity contribution in [2.24, 2.45) is 0 Å². The molecule has 0 aromatic heterocycles. The van der Waals surface area contributed by atoms with E-state index in [0.29, 0.717) is 5.92 Å². The summed E-state index contributed by atoms with van der Waals surface area (Å²) in [6, 6.07) is 45.4. The molecule has 0 aliphatic rings. The molecule has 0 nitrogen and oxygen atoms in total. The minimum atomic E-state index is 0. The first kappa shape index (κ1) is 44.8. The van der Waals surface area contributed by atoms with Gasteiger partial charge in [0.15, 0.2) is 0 Å². The molecule has 0 aliphatic carbocycles. The summed E-state index contributed by atoms with van der Waals surface area (Å²) in [5.41, 5.74) is 16.4. The third-order valence-electron chi connectivity index (χ3n) is 10.4. The van der Waals surface area contributed by atoms with Gasteiger partial charge in [-0.3, -0.25) is 0 Å². The van der Waals surface area contributed by atoms with Gasteiger partial charge >= 0.3 is 30.2 Å². The zero-order valence-corrected chi connectivity index (χ0v) is 38.6. The fourth-order valence-electron chi connectivity index (χ4n) is 7.06. The van der Waals surface area contributed by atoms with Gasteiger partial charge in [-0.25, -0.2) is 0 Å². The van der Waals surface area contributed by atoms with Crippen molar-refractivity contribution in [1.29, 1.82) is 0 Å². The van der Waals surface area contributed by atoms with Gasteiger partial charge < -0.3 is 14.9 Å². The van der Waals surface area contributed by atoms with E-state index >= 15 is 0 Å². The normalized spacial score (nSPS) is 11.2. The summed E-state index contributed by atoms with van der Waals surface area (Å²) in [6.07, 6.45) is 0. The summed E-state index contributed by atoms with van der Waals surface area (Å²) in [5.74, 6) is 0.578. The Morgan fingerprint density at radius 3 is 1.59 bits per heavy atom. The van der Waals surface area contributed by atoms with E-state index in [0.717, 1.165) is 0 Å². The zero-order valence-electron chi connectivity index (χ0n) is 35.1. The van der Waals surface area contributed by atoms with Gasteiger partial charge in [-0.2, -0.15) is 12.1 Å². The van der Waals surface area contributed by atoms with Gasteiger partial charge in [0.05, 0.1) is 0 Å². The Morgan fingerprint density at radius 1 is 0.519 bits per heavy atom. The average Bonchev–Trinajstić information content (AvgIpc) is 3.73. The summed E-state index contributed by atoms with van der Waals surface area (Å²) < 4.78 is 0. The molecule has 54 heavy (non-hydrogen) atoms. The van der Waals surface area contributed by atoms with E-state index in [-0.39, 0.29) is 25.7 Å². The van der Waals surface area contributed by atoms with Crippen molar-refractivity contribution in [2.45, 2.75) is 92.9 Å². The van der Waals surface area contributed by atoms with Crippen LogP contribution >= 0.6 is 0 Å². The van der Waals surface area contributed by atoms with Crippen molar-refractivity contribution in [1.82, 2.24) is 0 Å². The number of benzene rings is 5. The topological polar surface area (TPSA) is 0 Å². The number of aryl methyl sites for hydroxylation is 2. The number of rotatable bonds is 4. The van der Waals surface area contributed by atoms with Crippen LogP contribution in [0.4, 0.5) is 0 Å². The molecule has 0 N–H and O–H groups in total. The van der Waals surface area contributed by atoms with Crippen LogP contribution in [0.15, 0.2) is 121 Å². The van der Waals surface area contributed by atoms with Crippen LogP contribution in [0.3, 0.4) is 0 Å². The molecule has 0 fully saturated rings. The van der Waals surface area contributed by atoms with Gasteiger partial charge in [0.25, 0.3) is 0 Å². The van der Waals surface area contributed by atoms with E-state index in [1.165, 1.54) is 112 Å². The second-order valence-corrected chi connectivity index (χ2v) is 16.7. The zero-order chi connectivity index (χ0) is 38.0. The first-order valence-corrected chi connectivity index (χ1v) is 22.7. The maximum atomic E-state index is 3.06. The molecule has 2 radical (unpaired) electrons. The molecular formula is C52H60SiZr-4. The van der Waals surface area contributed by atoms with Crippen LogP contribution in [0.1, 0.15) is 94.7 Å². The Labute approximate surface area is 345 Å². The third-order valence-corrected chi connectivity index (χ3v) is 10.4. The molecule has 0 unspecified atom stereocenters. The molecule has 280 valence electrons. The standard InChI is InChI=1S/C30H33.C20H21.2CH3.Si.Zr/c1-20-16-24-18-23(21-8-12-25(13-9-21)29(2,3)4)19-28(27(24)17-20)22-10-14-26(15-11-22)30(5,6)7;1-13(2)17-11-16-8-6-10-19(20(16)12-17)18-9-5-7-14(3)15(18)4;;;;/h8-19H,1-7H3;5-13H,1-4H3;2*1H3;;/q4*-1;;. The predicted octanol–water partition coefficient (Wildman–Crippen LogP) is 15.3. The summed E-state index contributed by atoms with van der Waals surface area (Å²) in [6.45, 7) is 27.8. The second-order valence-electron chi connectivity index (χ2n) is 16.7. The quantitative estimate of drug-likeness (QED) is 0.123. The van der Waals surface area contributed by atoms with E-state index in [9.17, 15) is 0 Å². The maximum absolute atomic E-state index is 3.06. The van der Waals surface area contributed by atoms with E-state index in [1.807, 2.05) is 0 Å². The molecule has 7 aromatic rings.